The van der Waals surface area contributed by atoms with Gasteiger partial charge >= 0.3 is 0 Å². The van der Waals surface area contributed by atoms with E-state index >= 15 is 0 Å². The molecular formula is C10H16N2O2. The predicted octanol–water partition coefficient (Wildman–Crippen LogP) is 1.48. The molecule has 1 unspecified atom stereocenters. The van der Waals surface area contributed by atoms with Crippen molar-refractivity contribution in [3.8, 4) is 0 Å². The van der Waals surface area contributed by atoms with Crippen molar-refractivity contribution in [3.63, 3.8) is 0 Å². The van der Waals surface area contributed by atoms with Crippen LogP contribution in [0.2, 0.25) is 0 Å². The fourth-order valence-corrected chi connectivity index (χ4v) is 1.26. The molecule has 1 heterocycles. The first-order valence-electron chi connectivity index (χ1n) is 4.75. The second kappa shape index (κ2) is 4.91. The Kier molecular flexibility index (Phi) is 3.83. The van der Waals surface area contributed by atoms with Gasteiger partial charge in [-0.25, -0.2) is 0 Å². The Balaban J connectivity index is 2.72. The van der Waals surface area contributed by atoms with Gasteiger partial charge in [0.1, 0.15) is 6.10 Å². The Labute approximate surface area is 83.9 Å². The fraction of sp³-hybridized carbons (Fsp3) is 0.600. The summed E-state index contributed by atoms with van der Waals surface area (Å²) in [5, 5.41) is 4.01. The summed E-state index contributed by atoms with van der Waals surface area (Å²) in [6.45, 7) is 4.15. The molecule has 0 N–H and O–H groups in total. The predicted molar refractivity (Wildman–Crippen MR) is 52.9 cm³/mol. The molecule has 4 heteroatoms. The number of ether oxygens (including phenoxy) is 1. The van der Waals surface area contributed by atoms with Gasteiger partial charge in [-0.3, -0.25) is 9.48 Å². The summed E-state index contributed by atoms with van der Waals surface area (Å²) in [6.07, 6.45) is 3.93. The van der Waals surface area contributed by atoms with Gasteiger partial charge in [0, 0.05) is 25.4 Å². The number of carbonyl (C=O) groups is 1. The van der Waals surface area contributed by atoms with Crippen LogP contribution in [0.25, 0.3) is 0 Å². The zero-order valence-corrected chi connectivity index (χ0v) is 8.86. The van der Waals surface area contributed by atoms with Gasteiger partial charge in [0.05, 0.1) is 6.20 Å². The van der Waals surface area contributed by atoms with E-state index in [9.17, 15) is 4.79 Å². The SMILES string of the molecule is CCCOC(C(C)=O)c1cnn(C)c1. The third-order valence-electron chi connectivity index (χ3n) is 1.89. The van der Waals surface area contributed by atoms with Gasteiger partial charge in [0.15, 0.2) is 5.78 Å². The highest BCUT2D eigenvalue weighted by atomic mass is 16.5. The van der Waals surface area contributed by atoms with Gasteiger partial charge in [-0.1, -0.05) is 6.92 Å². The monoisotopic (exact) mass is 196 g/mol. The van der Waals surface area contributed by atoms with Gasteiger partial charge in [-0.15, -0.1) is 0 Å². The standard InChI is InChI=1S/C10H16N2O2/c1-4-5-14-10(8(2)13)9-6-11-12(3)7-9/h6-7,10H,4-5H2,1-3H3. The average molecular weight is 196 g/mol. The van der Waals surface area contributed by atoms with Crippen LogP contribution in [-0.4, -0.2) is 22.2 Å². The molecule has 1 atom stereocenters. The van der Waals surface area contributed by atoms with E-state index in [1.54, 1.807) is 10.9 Å². The molecule has 0 radical (unpaired) electrons. The number of aryl methyl sites for hydroxylation is 1. The van der Waals surface area contributed by atoms with Crippen molar-refractivity contribution in [3.05, 3.63) is 18.0 Å². The first kappa shape index (κ1) is 10.9. The number of nitrogens with zero attached hydrogens (tertiary/aromatic N) is 2. The van der Waals surface area contributed by atoms with Crippen LogP contribution < -0.4 is 0 Å². The molecule has 4 nitrogen and oxygen atoms in total. The lowest BCUT2D eigenvalue weighted by Gasteiger charge is -2.12. The summed E-state index contributed by atoms with van der Waals surface area (Å²) in [6, 6.07) is 0. The minimum Gasteiger partial charge on any atom is -0.366 e. The molecule has 0 aromatic carbocycles. The van der Waals surface area contributed by atoms with Crippen molar-refractivity contribution in [2.45, 2.75) is 26.4 Å². The minimum absolute atomic E-state index is 0.0199. The zero-order chi connectivity index (χ0) is 10.6. The van der Waals surface area contributed by atoms with E-state index in [0.29, 0.717) is 6.61 Å². The number of carbonyl (C=O) groups excluding carboxylic acids is 1. The van der Waals surface area contributed by atoms with Crippen LogP contribution in [0.4, 0.5) is 0 Å². The maximum Gasteiger partial charge on any atom is 0.163 e. The lowest BCUT2D eigenvalue weighted by Crippen LogP contribution is -2.13. The van der Waals surface area contributed by atoms with Crippen LogP contribution in [-0.2, 0) is 16.6 Å². The van der Waals surface area contributed by atoms with Crippen molar-refractivity contribution in [2.75, 3.05) is 6.61 Å². The summed E-state index contributed by atoms with van der Waals surface area (Å²) in [5.41, 5.74) is 0.827. The highest BCUT2D eigenvalue weighted by Gasteiger charge is 2.18. The number of rotatable bonds is 5. The van der Waals surface area contributed by atoms with E-state index in [-0.39, 0.29) is 5.78 Å². The summed E-state index contributed by atoms with van der Waals surface area (Å²) in [5.74, 6) is 0.0199. The van der Waals surface area contributed by atoms with Gasteiger partial charge in [0.2, 0.25) is 0 Å². The number of hydrogen-bond donors (Lipinski definition) is 0. The Morgan fingerprint density at radius 1 is 1.71 bits per heavy atom. The van der Waals surface area contributed by atoms with E-state index in [4.69, 9.17) is 4.74 Å². The zero-order valence-electron chi connectivity index (χ0n) is 8.86. The third-order valence-corrected chi connectivity index (χ3v) is 1.89. The lowest BCUT2D eigenvalue weighted by atomic mass is 10.1. The Hall–Kier alpha value is -1.16. The summed E-state index contributed by atoms with van der Waals surface area (Å²) >= 11 is 0. The van der Waals surface area contributed by atoms with Gasteiger partial charge in [-0.05, 0) is 13.3 Å². The van der Waals surface area contributed by atoms with Crippen LogP contribution in [0.1, 0.15) is 31.9 Å². The van der Waals surface area contributed by atoms with Gasteiger partial charge in [-0.2, -0.15) is 5.10 Å². The Morgan fingerprint density at radius 3 is 2.86 bits per heavy atom. The molecule has 0 spiro atoms. The van der Waals surface area contributed by atoms with E-state index in [1.165, 1.54) is 6.92 Å². The van der Waals surface area contributed by atoms with Crippen LogP contribution in [0, 0.1) is 0 Å². The highest BCUT2D eigenvalue weighted by Crippen LogP contribution is 2.17. The van der Waals surface area contributed by atoms with E-state index in [0.717, 1.165) is 12.0 Å². The van der Waals surface area contributed by atoms with E-state index in [1.807, 2.05) is 20.2 Å². The molecular weight excluding hydrogens is 180 g/mol. The fourth-order valence-electron chi connectivity index (χ4n) is 1.26. The second-order valence-electron chi connectivity index (χ2n) is 3.31. The maximum absolute atomic E-state index is 11.3. The van der Waals surface area contributed by atoms with Crippen LogP contribution in [0.5, 0.6) is 0 Å². The summed E-state index contributed by atoms with van der Waals surface area (Å²) in [7, 11) is 1.82. The van der Waals surface area contributed by atoms with Crippen molar-refractivity contribution < 1.29 is 9.53 Å². The summed E-state index contributed by atoms with van der Waals surface area (Å²) < 4.78 is 7.12. The highest BCUT2D eigenvalue weighted by molar-refractivity contribution is 5.81. The molecule has 1 aromatic heterocycles. The van der Waals surface area contributed by atoms with Crippen LogP contribution in [0.15, 0.2) is 12.4 Å². The molecule has 14 heavy (non-hydrogen) atoms. The van der Waals surface area contributed by atoms with E-state index in [2.05, 4.69) is 5.10 Å². The first-order valence-corrected chi connectivity index (χ1v) is 4.75. The molecule has 1 rings (SSSR count). The van der Waals surface area contributed by atoms with Crippen LogP contribution in [0.3, 0.4) is 0 Å². The van der Waals surface area contributed by atoms with Gasteiger partial charge in [0.25, 0.3) is 0 Å². The van der Waals surface area contributed by atoms with Crippen molar-refractivity contribution in [1.82, 2.24) is 9.78 Å². The second-order valence-corrected chi connectivity index (χ2v) is 3.31. The number of ketones is 1. The molecule has 0 bridgehead atoms. The molecule has 0 aliphatic carbocycles. The lowest BCUT2D eigenvalue weighted by molar-refractivity contribution is -0.128. The first-order chi connectivity index (χ1) is 6.65. The van der Waals surface area contributed by atoms with E-state index < -0.39 is 6.10 Å². The van der Waals surface area contributed by atoms with Crippen molar-refractivity contribution in [1.29, 1.82) is 0 Å². The molecule has 78 valence electrons. The molecule has 0 saturated heterocycles. The smallest absolute Gasteiger partial charge is 0.163 e. The molecule has 0 saturated carbocycles. The number of Topliss-reactive ketones (excluding diaryl/α,β-unsaturated/α-hetero) is 1. The number of aromatic nitrogens is 2. The molecule has 0 fully saturated rings. The summed E-state index contributed by atoms with van der Waals surface area (Å²) in [4.78, 5) is 11.3. The largest absolute Gasteiger partial charge is 0.366 e. The normalized spacial score (nSPS) is 12.8. The van der Waals surface area contributed by atoms with Crippen molar-refractivity contribution in [2.24, 2.45) is 7.05 Å². The maximum atomic E-state index is 11.3. The van der Waals surface area contributed by atoms with Gasteiger partial charge < -0.3 is 4.74 Å². The molecule has 0 aliphatic rings. The number of hydrogen-bond acceptors (Lipinski definition) is 3. The topological polar surface area (TPSA) is 44.1 Å². The molecule has 0 aliphatic heterocycles. The molecule has 1 aromatic rings. The Bertz CT molecular complexity index is 307. The Morgan fingerprint density at radius 2 is 2.43 bits per heavy atom. The minimum atomic E-state index is -0.455. The van der Waals surface area contributed by atoms with Crippen molar-refractivity contribution >= 4 is 5.78 Å². The third kappa shape index (κ3) is 2.67. The quantitative estimate of drug-likeness (QED) is 0.716. The molecule has 0 amide bonds. The average Bonchev–Trinajstić information content (AvgIpc) is 2.52. The van der Waals surface area contributed by atoms with Crippen LogP contribution >= 0.6 is 0 Å².